The molecule has 178 valence electrons. The molecule has 0 saturated heterocycles. The van der Waals surface area contributed by atoms with Crippen LogP contribution in [0.15, 0.2) is 77.9 Å². The third kappa shape index (κ3) is 5.51. The van der Waals surface area contributed by atoms with Gasteiger partial charge in [-0.1, -0.05) is 60.1 Å². The molecule has 1 unspecified atom stereocenters. The molecular formula is C26H21ClN2O5S. The van der Waals surface area contributed by atoms with Crippen molar-refractivity contribution in [1.82, 2.24) is 5.43 Å². The number of nitrogens with one attached hydrogen (secondary N) is 1. The highest BCUT2D eigenvalue weighted by atomic mass is 35.5. The highest BCUT2D eigenvalue weighted by Gasteiger charge is 2.21. The van der Waals surface area contributed by atoms with Crippen molar-refractivity contribution in [2.75, 3.05) is 14.2 Å². The van der Waals surface area contributed by atoms with E-state index in [2.05, 4.69) is 10.5 Å². The molecule has 1 heterocycles. The van der Waals surface area contributed by atoms with Crippen LogP contribution in [-0.2, 0) is 9.53 Å². The molecule has 7 nitrogen and oxygen atoms in total. The summed E-state index contributed by atoms with van der Waals surface area (Å²) in [6, 6.07) is 21.5. The molecule has 0 fully saturated rings. The second-order valence-corrected chi connectivity index (χ2v) is 8.73. The van der Waals surface area contributed by atoms with Crippen LogP contribution < -0.4 is 14.9 Å². The molecule has 35 heavy (non-hydrogen) atoms. The summed E-state index contributed by atoms with van der Waals surface area (Å²) < 4.78 is 17.1. The van der Waals surface area contributed by atoms with Crippen molar-refractivity contribution < 1.29 is 23.8 Å². The maximum atomic E-state index is 12.8. The Bertz CT molecular complexity index is 1390. The van der Waals surface area contributed by atoms with Crippen molar-refractivity contribution >= 4 is 51.1 Å². The number of amides is 1. The van der Waals surface area contributed by atoms with Gasteiger partial charge in [0.25, 0.3) is 5.91 Å². The van der Waals surface area contributed by atoms with Crippen molar-refractivity contribution in [3.8, 4) is 11.5 Å². The fraction of sp³-hybridized carbons (Fsp3) is 0.115. The number of hydrogen-bond donors (Lipinski definition) is 1. The van der Waals surface area contributed by atoms with Gasteiger partial charge in [-0.3, -0.25) is 4.79 Å². The normalized spacial score (nSPS) is 12.0. The van der Waals surface area contributed by atoms with Crippen molar-refractivity contribution in [1.29, 1.82) is 0 Å². The Balaban J connectivity index is 1.45. The Morgan fingerprint density at radius 1 is 1.00 bits per heavy atom. The summed E-state index contributed by atoms with van der Waals surface area (Å²) in [4.78, 5) is 25.5. The van der Waals surface area contributed by atoms with Crippen molar-refractivity contribution in [2.24, 2.45) is 5.10 Å². The van der Waals surface area contributed by atoms with Crippen molar-refractivity contribution in [3.63, 3.8) is 0 Å². The number of nitrogens with zero attached hydrogens (tertiary/aromatic N) is 1. The highest BCUT2D eigenvalue weighted by Crippen LogP contribution is 2.37. The Labute approximate surface area is 210 Å². The van der Waals surface area contributed by atoms with Gasteiger partial charge in [-0.05, 0) is 35.4 Å². The summed E-state index contributed by atoms with van der Waals surface area (Å²) in [7, 11) is 2.92. The Kier molecular flexibility index (Phi) is 7.77. The van der Waals surface area contributed by atoms with Gasteiger partial charge in [0, 0.05) is 17.2 Å². The Morgan fingerprint density at radius 3 is 2.46 bits per heavy atom. The first-order valence-corrected chi connectivity index (χ1v) is 11.7. The lowest BCUT2D eigenvalue weighted by molar-refractivity contribution is -0.131. The third-order valence-electron chi connectivity index (χ3n) is 5.08. The second-order valence-electron chi connectivity index (χ2n) is 7.30. The fourth-order valence-electron chi connectivity index (χ4n) is 3.39. The topological polar surface area (TPSA) is 86.2 Å². The molecule has 0 radical (unpaired) electrons. The van der Waals surface area contributed by atoms with Crippen molar-refractivity contribution in [3.05, 3.63) is 93.8 Å². The van der Waals surface area contributed by atoms with Crippen LogP contribution in [0.5, 0.6) is 11.5 Å². The van der Waals surface area contributed by atoms with Gasteiger partial charge < -0.3 is 14.2 Å². The van der Waals surface area contributed by atoms with Gasteiger partial charge in [-0.2, -0.15) is 5.10 Å². The zero-order valence-electron chi connectivity index (χ0n) is 18.9. The van der Waals surface area contributed by atoms with Crippen LogP contribution in [0.3, 0.4) is 0 Å². The number of rotatable bonds is 8. The molecule has 0 bridgehead atoms. The van der Waals surface area contributed by atoms with Crippen LogP contribution in [0, 0.1) is 0 Å². The van der Waals surface area contributed by atoms with E-state index >= 15 is 0 Å². The number of esters is 1. The number of halogens is 1. The fourth-order valence-corrected chi connectivity index (χ4v) is 4.78. The lowest BCUT2D eigenvalue weighted by atomic mass is 10.1. The quantitative estimate of drug-likeness (QED) is 0.144. The number of ether oxygens (including phenoxy) is 3. The average molecular weight is 509 g/mol. The number of carbonyl (C=O) groups is 2. The van der Waals surface area contributed by atoms with Crippen molar-refractivity contribution in [2.45, 2.75) is 6.10 Å². The van der Waals surface area contributed by atoms with Gasteiger partial charge in [0.15, 0.2) is 17.6 Å². The van der Waals surface area contributed by atoms with Crippen LogP contribution in [0.1, 0.15) is 26.9 Å². The van der Waals surface area contributed by atoms with E-state index < -0.39 is 18.0 Å². The summed E-state index contributed by atoms with van der Waals surface area (Å²) in [5.41, 5.74) is 3.81. The monoisotopic (exact) mass is 508 g/mol. The zero-order valence-corrected chi connectivity index (χ0v) is 20.4. The number of benzene rings is 3. The van der Waals surface area contributed by atoms with E-state index in [0.717, 1.165) is 10.1 Å². The van der Waals surface area contributed by atoms with E-state index in [4.69, 9.17) is 25.8 Å². The van der Waals surface area contributed by atoms with Crippen LogP contribution in [-0.4, -0.2) is 32.3 Å². The van der Waals surface area contributed by atoms with E-state index in [0.29, 0.717) is 26.8 Å². The average Bonchev–Trinajstić information content (AvgIpc) is 3.22. The maximum Gasteiger partial charge on any atom is 0.355 e. The van der Waals surface area contributed by atoms with Crippen LogP contribution >= 0.6 is 22.9 Å². The smallest absolute Gasteiger partial charge is 0.355 e. The summed E-state index contributed by atoms with van der Waals surface area (Å²) >= 11 is 7.65. The Hall–Kier alpha value is -3.72. The summed E-state index contributed by atoms with van der Waals surface area (Å²) in [6.45, 7) is 0. The number of fused-ring (bicyclic) bond motifs is 1. The predicted octanol–water partition coefficient (Wildman–Crippen LogP) is 5.62. The van der Waals surface area contributed by atoms with Gasteiger partial charge in [0.2, 0.25) is 0 Å². The number of thiophene rings is 1. The molecule has 1 N–H and O–H groups in total. The molecule has 0 aliphatic rings. The summed E-state index contributed by atoms with van der Waals surface area (Å²) in [5.74, 6) is -0.428. The number of methoxy groups -OCH3 is 2. The first kappa shape index (κ1) is 24.4. The van der Waals surface area contributed by atoms with Gasteiger partial charge >= 0.3 is 5.97 Å². The molecule has 3 aromatic carbocycles. The minimum Gasteiger partial charge on any atom is -0.493 e. The summed E-state index contributed by atoms with van der Waals surface area (Å²) in [6.07, 6.45) is 0.664. The van der Waals surface area contributed by atoms with Gasteiger partial charge in [-0.25, -0.2) is 10.2 Å². The van der Waals surface area contributed by atoms with E-state index in [1.54, 1.807) is 30.3 Å². The van der Waals surface area contributed by atoms with Gasteiger partial charge in [0.1, 0.15) is 4.88 Å². The largest absolute Gasteiger partial charge is 0.493 e. The van der Waals surface area contributed by atoms with Gasteiger partial charge in [-0.15, -0.1) is 11.3 Å². The third-order valence-corrected chi connectivity index (χ3v) is 6.73. The standard InChI is InChI=1S/C26H21ClN2O5S/c1-32-20-14-16(15-28-29-25(30)23(33-2)17-8-4-3-5-9-17)12-13-19(20)34-26(31)24-22(27)18-10-6-7-11-21(18)35-24/h3-15,23H,1-2H3,(H,29,30)/b28-15+. The first-order chi connectivity index (χ1) is 17.0. The van der Waals surface area contributed by atoms with E-state index in [1.165, 1.54) is 31.8 Å². The molecular weight excluding hydrogens is 488 g/mol. The molecule has 0 aliphatic heterocycles. The molecule has 0 saturated carbocycles. The minimum absolute atomic E-state index is 0.232. The number of hydrogen-bond acceptors (Lipinski definition) is 7. The van der Waals surface area contributed by atoms with Crippen LogP contribution in [0.4, 0.5) is 0 Å². The number of carbonyl (C=O) groups excluding carboxylic acids is 2. The maximum absolute atomic E-state index is 12.8. The minimum atomic E-state index is -0.787. The predicted molar refractivity (Wildman–Crippen MR) is 137 cm³/mol. The number of hydrazone groups is 1. The Morgan fingerprint density at radius 2 is 1.74 bits per heavy atom. The van der Waals surface area contributed by atoms with Crippen LogP contribution in [0.25, 0.3) is 10.1 Å². The zero-order chi connectivity index (χ0) is 24.8. The molecule has 1 amide bonds. The molecule has 1 aromatic heterocycles. The molecule has 1 atom stereocenters. The molecule has 4 aromatic rings. The van der Waals surface area contributed by atoms with Gasteiger partial charge in [0.05, 0.1) is 18.3 Å². The first-order valence-electron chi connectivity index (χ1n) is 10.5. The van der Waals surface area contributed by atoms with Crippen LogP contribution in [0.2, 0.25) is 5.02 Å². The lowest BCUT2D eigenvalue weighted by Crippen LogP contribution is -2.26. The lowest BCUT2D eigenvalue weighted by Gasteiger charge is -2.13. The molecule has 0 spiro atoms. The second kappa shape index (κ2) is 11.1. The molecule has 0 aliphatic carbocycles. The summed E-state index contributed by atoms with van der Waals surface area (Å²) in [5, 5.41) is 5.16. The highest BCUT2D eigenvalue weighted by molar-refractivity contribution is 7.21. The van der Waals surface area contributed by atoms with E-state index in [9.17, 15) is 9.59 Å². The molecule has 4 rings (SSSR count). The SMILES string of the molecule is COc1cc(/C=N/NC(=O)C(OC)c2ccccc2)ccc1OC(=O)c1sc2ccccc2c1Cl. The van der Waals surface area contributed by atoms with E-state index in [-0.39, 0.29) is 5.75 Å². The van der Waals surface area contributed by atoms with E-state index in [1.807, 2.05) is 42.5 Å². The molecule has 9 heteroatoms.